The number of rotatable bonds is 14. The highest BCUT2D eigenvalue weighted by molar-refractivity contribution is 7.80. The van der Waals surface area contributed by atoms with Crippen molar-refractivity contribution < 1.29 is 19.1 Å². The zero-order valence-electron chi connectivity index (χ0n) is 28.5. The molecule has 0 heterocycles. The lowest BCUT2D eigenvalue weighted by molar-refractivity contribution is -0.149. The Bertz CT molecular complexity index is 1010. The molecular weight excluding hydrogens is 585 g/mol. The number of ether oxygens (including phenoxy) is 2. The van der Waals surface area contributed by atoms with Gasteiger partial charge in [-0.05, 0) is 116 Å². The van der Waals surface area contributed by atoms with Crippen LogP contribution in [-0.4, -0.2) is 36.7 Å². The number of hydrogen-bond donors (Lipinski definition) is 2. The minimum atomic E-state index is -0.411. The van der Waals surface area contributed by atoms with E-state index in [-0.39, 0.29) is 30.6 Å². The zero-order valence-corrected chi connectivity index (χ0v) is 30.2. The Morgan fingerprint density at radius 2 is 1.39 bits per heavy atom. The average Bonchev–Trinajstić information content (AvgIpc) is 3.36. The lowest BCUT2D eigenvalue weighted by Gasteiger charge is -2.61. The zero-order chi connectivity index (χ0) is 32.2. The van der Waals surface area contributed by atoms with Crippen molar-refractivity contribution in [2.24, 2.45) is 64.1 Å². The van der Waals surface area contributed by atoms with E-state index in [4.69, 9.17) is 9.47 Å². The summed E-state index contributed by atoms with van der Waals surface area (Å²) in [6.07, 6.45) is 15.9. The second kappa shape index (κ2) is 15.3. The van der Waals surface area contributed by atoms with Gasteiger partial charge in [0.1, 0.15) is 0 Å². The molecule has 4 aliphatic rings. The van der Waals surface area contributed by atoms with Gasteiger partial charge in [0.25, 0.3) is 0 Å². The van der Waals surface area contributed by atoms with Crippen molar-refractivity contribution in [3.63, 3.8) is 0 Å². The molecule has 0 amide bonds. The summed E-state index contributed by atoms with van der Waals surface area (Å²) >= 11 is 8.35. The van der Waals surface area contributed by atoms with Crippen LogP contribution in [0.4, 0.5) is 0 Å². The first-order valence-corrected chi connectivity index (χ1v) is 19.0. The molecule has 0 aromatic heterocycles. The van der Waals surface area contributed by atoms with Crippen molar-refractivity contribution in [2.75, 3.05) is 24.7 Å². The second-order valence-corrected chi connectivity index (χ2v) is 16.8. The molecule has 2 unspecified atom stereocenters. The van der Waals surface area contributed by atoms with Crippen LogP contribution < -0.4 is 0 Å². The highest BCUT2D eigenvalue weighted by Crippen LogP contribution is 2.69. The standard InChI is InChI=1S/C38H62O4S2/c1-24(2)9-8-10-25(3)32-13-14-33-31-12-11-30-19-28(15-17-37(30,6)34(31)16-18-38(32,33)7)29(20-41-35(39)26(4)22-43)21-42-36(40)27(5)23-44/h24-25,28-34,43-44H,4-5,8-23H2,1-3,6-7H3/t25-,28?,30+,31+,32?,33+,34+,37+,38-/m1/s1. The predicted octanol–water partition coefficient (Wildman–Crippen LogP) is 9.40. The fourth-order valence-electron chi connectivity index (χ4n) is 10.8. The first kappa shape index (κ1) is 36.0. The average molecular weight is 647 g/mol. The summed E-state index contributed by atoms with van der Waals surface area (Å²) in [5.74, 6) is 5.85. The van der Waals surface area contributed by atoms with Crippen LogP contribution in [0.15, 0.2) is 24.3 Å². The van der Waals surface area contributed by atoms with Crippen molar-refractivity contribution in [1.29, 1.82) is 0 Å². The number of esters is 2. The van der Waals surface area contributed by atoms with Gasteiger partial charge in [0.2, 0.25) is 0 Å². The molecule has 0 radical (unpaired) electrons. The number of thiol groups is 2. The van der Waals surface area contributed by atoms with Crippen LogP contribution >= 0.6 is 25.3 Å². The van der Waals surface area contributed by atoms with Crippen molar-refractivity contribution >= 4 is 37.2 Å². The summed E-state index contributed by atoms with van der Waals surface area (Å²) < 4.78 is 11.4. The van der Waals surface area contributed by atoms with Crippen molar-refractivity contribution in [2.45, 2.75) is 112 Å². The van der Waals surface area contributed by atoms with Gasteiger partial charge in [-0.25, -0.2) is 9.59 Å². The van der Waals surface area contributed by atoms with E-state index >= 15 is 0 Å². The molecule has 6 heteroatoms. The Kier molecular flexibility index (Phi) is 12.5. The van der Waals surface area contributed by atoms with E-state index in [0.717, 1.165) is 48.3 Å². The second-order valence-electron chi connectivity index (χ2n) is 16.2. The minimum absolute atomic E-state index is 0.0342. The number of carbonyl (C=O) groups excluding carboxylic acids is 2. The highest BCUT2D eigenvalue weighted by atomic mass is 32.1. The Morgan fingerprint density at radius 3 is 1.98 bits per heavy atom. The third-order valence-corrected chi connectivity index (χ3v) is 14.2. The summed E-state index contributed by atoms with van der Waals surface area (Å²) in [4.78, 5) is 24.9. The Labute approximate surface area is 280 Å². The molecular formula is C38H62O4S2. The highest BCUT2D eigenvalue weighted by Gasteiger charge is 2.60. The Hall–Kier alpha value is -0.880. The number of carbonyl (C=O) groups is 2. The molecule has 0 N–H and O–H groups in total. The summed E-state index contributed by atoms with van der Waals surface area (Å²) in [5.41, 5.74) is 1.60. The third kappa shape index (κ3) is 7.63. The Morgan fingerprint density at radius 1 is 0.795 bits per heavy atom. The number of hydrogen-bond acceptors (Lipinski definition) is 6. The van der Waals surface area contributed by atoms with E-state index < -0.39 is 11.9 Å². The van der Waals surface area contributed by atoms with Gasteiger partial charge < -0.3 is 9.47 Å². The van der Waals surface area contributed by atoms with E-state index in [1.165, 1.54) is 64.2 Å². The molecule has 0 aromatic rings. The van der Waals surface area contributed by atoms with Crippen LogP contribution in [0.2, 0.25) is 0 Å². The quantitative estimate of drug-likeness (QED) is 0.112. The topological polar surface area (TPSA) is 52.6 Å². The molecule has 4 saturated carbocycles. The van der Waals surface area contributed by atoms with Crippen molar-refractivity contribution in [3.8, 4) is 0 Å². The van der Waals surface area contributed by atoms with Crippen LogP contribution in [0, 0.1) is 64.1 Å². The molecule has 4 nitrogen and oxygen atoms in total. The molecule has 4 fully saturated rings. The van der Waals surface area contributed by atoms with Gasteiger partial charge in [-0.15, -0.1) is 0 Å². The summed E-state index contributed by atoms with van der Waals surface area (Å²) in [6, 6.07) is 0. The molecule has 0 aromatic carbocycles. The molecule has 4 aliphatic carbocycles. The largest absolute Gasteiger partial charge is 0.462 e. The lowest BCUT2D eigenvalue weighted by atomic mass is 9.43. The summed E-state index contributed by atoms with van der Waals surface area (Å²) in [7, 11) is 0. The molecule has 44 heavy (non-hydrogen) atoms. The molecule has 250 valence electrons. The maximum atomic E-state index is 12.4. The molecule has 0 spiro atoms. The first-order chi connectivity index (χ1) is 20.8. The summed E-state index contributed by atoms with van der Waals surface area (Å²) in [5, 5.41) is 0. The van der Waals surface area contributed by atoms with E-state index in [1.807, 2.05) is 0 Å². The maximum Gasteiger partial charge on any atom is 0.334 e. The van der Waals surface area contributed by atoms with Crippen LogP contribution in [0.1, 0.15) is 112 Å². The van der Waals surface area contributed by atoms with Gasteiger partial charge in [-0.3, -0.25) is 0 Å². The number of fused-ring (bicyclic) bond motifs is 5. The van der Waals surface area contributed by atoms with Gasteiger partial charge in [-0.1, -0.05) is 67.0 Å². The van der Waals surface area contributed by atoms with E-state index in [1.54, 1.807) is 0 Å². The molecule has 9 atom stereocenters. The van der Waals surface area contributed by atoms with Gasteiger partial charge in [0, 0.05) is 28.6 Å². The lowest BCUT2D eigenvalue weighted by Crippen LogP contribution is -2.54. The van der Waals surface area contributed by atoms with Crippen LogP contribution in [0.25, 0.3) is 0 Å². The van der Waals surface area contributed by atoms with Gasteiger partial charge in [-0.2, -0.15) is 25.3 Å². The maximum absolute atomic E-state index is 12.4. The van der Waals surface area contributed by atoms with E-state index in [0.29, 0.717) is 33.8 Å². The fourth-order valence-corrected chi connectivity index (χ4v) is 11.0. The van der Waals surface area contributed by atoms with Crippen molar-refractivity contribution in [3.05, 3.63) is 24.3 Å². The van der Waals surface area contributed by atoms with Gasteiger partial charge >= 0.3 is 11.9 Å². The Balaban J connectivity index is 1.42. The third-order valence-electron chi connectivity index (χ3n) is 13.4. The van der Waals surface area contributed by atoms with Gasteiger partial charge in [0.05, 0.1) is 13.2 Å². The van der Waals surface area contributed by atoms with Crippen LogP contribution in [-0.2, 0) is 19.1 Å². The van der Waals surface area contributed by atoms with Crippen LogP contribution in [0.5, 0.6) is 0 Å². The molecule has 0 bridgehead atoms. The normalized spacial score (nSPS) is 35.4. The predicted molar refractivity (Wildman–Crippen MR) is 188 cm³/mol. The molecule has 0 saturated heterocycles. The molecule has 4 rings (SSSR count). The minimum Gasteiger partial charge on any atom is -0.462 e. The van der Waals surface area contributed by atoms with Crippen molar-refractivity contribution in [1.82, 2.24) is 0 Å². The smallest absolute Gasteiger partial charge is 0.334 e. The monoisotopic (exact) mass is 646 g/mol. The van der Waals surface area contributed by atoms with E-state index in [2.05, 4.69) is 73.0 Å². The fraction of sp³-hybridized carbons (Fsp3) is 0.842. The van der Waals surface area contributed by atoms with Crippen LogP contribution in [0.3, 0.4) is 0 Å². The van der Waals surface area contributed by atoms with Gasteiger partial charge in [0.15, 0.2) is 0 Å². The molecule has 0 aliphatic heterocycles. The SMILES string of the molecule is C=C(CS)C(=O)OCC(COC(=O)C(=C)CS)C1CC[C@@]2(C)[C@@H](CC[C@@H]3[C@@H]2CC[C@]2(C)C([C@H](C)CCCC(C)C)CC[C@@H]32)C1. The summed E-state index contributed by atoms with van der Waals surface area (Å²) in [6.45, 7) is 20.6. The first-order valence-electron chi connectivity index (χ1n) is 17.8. The van der Waals surface area contributed by atoms with E-state index in [9.17, 15) is 9.59 Å².